The van der Waals surface area contributed by atoms with Crippen LogP contribution in [0.5, 0.6) is 5.75 Å². The van der Waals surface area contributed by atoms with E-state index in [1.54, 1.807) is 18.9 Å². The van der Waals surface area contributed by atoms with Crippen molar-refractivity contribution in [2.24, 2.45) is 0 Å². The van der Waals surface area contributed by atoms with Gasteiger partial charge in [0.15, 0.2) is 5.16 Å². The summed E-state index contributed by atoms with van der Waals surface area (Å²) in [5, 5.41) is 12.5. The summed E-state index contributed by atoms with van der Waals surface area (Å²) in [7, 11) is 1.71. The van der Waals surface area contributed by atoms with Gasteiger partial charge in [-0.15, -0.1) is 21.5 Å². The number of thioether (sulfide) groups is 1. The molecule has 5 rings (SSSR count). The summed E-state index contributed by atoms with van der Waals surface area (Å²) in [4.78, 5) is 4.00. The molecule has 0 bridgehead atoms. The first kappa shape index (κ1) is 21.9. The smallest absolute Gasteiger partial charge is 0.195 e. The number of ether oxygens (including phenoxy) is 2. The second-order valence-electron chi connectivity index (χ2n) is 8.45. The second-order valence-corrected chi connectivity index (χ2v) is 10.5. The van der Waals surface area contributed by atoms with E-state index in [-0.39, 0.29) is 0 Å². The van der Waals surface area contributed by atoms with E-state index in [0.29, 0.717) is 12.0 Å². The van der Waals surface area contributed by atoms with Gasteiger partial charge in [-0.25, -0.2) is 0 Å². The molecule has 2 fully saturated rings. The molecule has 3 aromatic rings. The summed E-state index contributed by atoms with van der Waals surface area (Å²) < 4.78 is 13.6. The van der Waals surface area contributed by atoms with Crippen LogP contribution in [-0.2, 0) is 11.3 Å². The Labute approximate surface area is 197 Å². The van der Waals surface area contributed by atoms with Crippen LogP contribution in [-0.4, -0.2) is 58.3 Å². The predicted octanol–water partition coefficient (Wildman–Crippen LogP) is 4.99. The first-order valence-corrected chi connectivity index (χ1v) is 13.3. The minimum atomic E-state index is 0.319. The summed E-state index contributed by atoms with van der Waals surface area (Å²) in [6.45, 7) is 4.11. The Bertz CT molecular complexity index is 993. The summed E-state index contributed by atoms with van der Waals surface area (Å²) in [5.41, 5.74) is 1.07. The number of hydrogen-bond donors (Lipinski definition) is 0. The van der Waals surface area contributed by atoms with Crippen LogP contribution in [0.25, 0.3) is 5.69 Å². The van der Waals surface area contributed by atoms with E-state index < -0.39 is 0 Å². The van der Waals surface area contributed by atoms with Gasteiger partial charge in [-0.1, -0.05) is 23.9 Å². The molecule has 8 heteroatoms. The fraction of sp³-hybridized carbons (Fsp3) is 0.500. The van der Waals surface area contributed by atoms with Crippen LogP contribution >= 0.6 is 23.1 Å². The molecular weight excluding hydrogens is 440 g/mol. The van der Waals surface area contributed by atoms with Crippen molar-refractivity contribution in [2.75, 3.05) is 32.6 Å². The van der Waals surface area contributed by atoms with Crippen LogP contribution in [0.15, 0.2) is 46.9 Å². The third kappa shape index (κ3) is 5.03. The Morgan fingerprint density at radius 3 is 2.81 bits per heavy atom. The summed E-state index contributed by atoms with van der Waals surface area (Å²) in [6.07, 6.45) is 4.81. The summed E-state index contributed by atoms with van der Waals surface area (Å²) in [6, 6.07) is 12.6. The number of likely N-dealkylation sites (tertiary alicyclic amines) is 1. The molecule has 0 saturated carbocycles. The van der Waals surface area contributed by atoms with Crippen molar-refractivity contribution in [1.82, 2.24) is 19.7 Å². The highest BCUT2D eigenvalue weighted by atomic mass is 32.2. The molecule has 4 heterocycles. The van der Waals surface area contributed by atoms with Gasteiger partial charge < -0.3 is 9.47 Å². The van der Waals surface area contributed by atoms with Crippen LogP contribution in [0.1, 0.15) is 42.3 Å². The maximum absolute atomic E-state index is 5.83. The lowest BCUT2D eigenvalue weighted by molar-refractivity contribution is 0.129. The zero-order valence-electron chi connectivity index (χ0n) is 18.5. The normalized spacial score (nSPS) is 20.1. The topological polar surface area (TPSA) is 52.4 Å². The standard InChI is InChI=1S/C24H30N4O2S2/c1-29-20-6-2-5-19(15-20)28-23(25-26-24(28)32-17-21-7-3-13-30-21)18-9-11-27(12-10-18)16-22-8-4-14-31-22/h2,4-6,8,14-15,18,21H,3,7,9-13,16-17H2,1H3/t21-/m0/s1. The van der Waals surface area contributed by atoms with Crippen molar-refractivity contribution in [2.45, 2.75) is 49.4 Å². The van der Waals surface area contributed by atoms with Gasteiger partial charge in [-0.2, -0.15) is 0 Å². The van der Waals surface area contributed by atoms with Crippen LogP contribution in [0.2, 0.25) is 0 Å². The molecule has 6 nitrogen and oxygen atoms in total. The zero-order chi connectivity index (χ0) is 21.8. The second kappa shape index (κ2) is 10.4. The van der Waals surface area contributed by atoms with Gasteiger partial charge in [-0.3, -0.25) is 9.47 Å². The molecule has 2 aliphatic rings. The Kier molecular flexibility index (Phi) is 7.12. The van der Waals surface area contributed by atoms with E-state index in [1.165, 1.54) is 4.88 Å². The molecule has 0 spiro atoms. The Balaban J connectivity index is 1.35. The molecule has 0 aliphatic carbocycles. The molecule has 1 atom stereocenters. The molecule has 1 aromatic carbocycles. The third-order valence-corrected chi connectivity index (χ3v) is 8.23. The fourth-order valence-electron chi connectivity index (χ4n) is 4.55. The average molecular weight is 471 g/mol. The van der Waals surface area contributed by atoms with Crippen molar-refractivity contribution in [1.29, 1.82) is 0 Å². The van der Waals surface area contributed by atoms with E-state index in [0.717, 1.165) is 80.1 Å². The molecule has 32 heavy (non-hydrogen) atoms. The van der Waals surface area contributed by atoms with Crippen molar-refractivity contribution in [3.05, 3.63) is 52.5 Å². The zero-order valence-corrected chi connectivity index (χ0v) is 20.1. The monoisotopic (exact) mass is 470 g/mol. The summed E-state index contributed by atoms with van der Waals surface area (Å²) >= 11 is 3.60. The van der Waals surface area contributed by atoms with Crippen molar-refractivity contribution < 1.29 is 9.47 Å². The number of aromatic nitrogens is 3. The van der Waals surface area contributed by atoms with E-state index in [1.807, 2.05) is 23.5 Å². The van der Waals surface area contributed by atoms with Crippen LogP contribution in [0, 0.1) is 0 Å². The van der Waals surface area contributed by atoms with Gasteiger partial charge in [0.2, 0.25) is 0 Å². The van der Waals surface area contributed by atoms with Crippen LogP contribution in [0.3, 0.4) is 0 Å². The predicted molar refractivity (Wildman–Crippen MR) is 129 cm³/mol. The van der Waals surface area contributed by atoms with Crippen molar-refractivity contribution in [3.63, 3.8) is 0 Å². The molecule has 0 radical (unpaired) electrons. The quantitative estimate of drug-likeness (QED) is 0.433. The van der Waals surface area contributed by atoms with E-state index in [9.17, 15) is 0 Å². The largest absolute Gasteiger partial charge is 0.497 e. The number of piperidine rings is 1. The molecule has 2 saturated heterocycles. The minimum Gasteiger partial charge on any atom is -0.497 e. The maximum Gasteiger partial charge on any atom is 0.195 e. The fourth-order valence-corrected chi connectivity index (χ4v) is 6.32. The lowest BCUT2D eigenvalue weighted by Crippen LogP contribution is -2.33. The molecular formula is C24H30N4O2S2. The van der Waals surface area contributed by atoms with Crippen molar-refractivity contribution >= 4 is 23.1 Å². The number of thiophene rings is 1. The van der Waals surface area contributed by atoms with Gasteiger partial charge >= 0.3 is 0 Å². The minimum absolute atomic E-state index is 0.319. The molecule has 0 amide bonds. The Morgan fingerprint density at radius 2 is 2.06 bits per heavy atom. The Morgan fingerprint density at radius 1 is 1.16 bits per heavy atom. The average Bonchev–Trinajstić information content (AvgIpc) is 3.60. The van der Waals surface area contributed by atoms with Crippen LogP contribution < -0.4 is 4.74 Å². The van der Waals surface area contributed by atoms with E-state index in [4.69, 9.17) is 14.6 Å². The van der Waals surface area contributed by atoms with E-state index >= 15 is 0 Å². The highest BCUT2D eigenvalue weighted by Crippen LogP contribution is 2.34. The molecule has 0 unspecified atom stereocenters. The van der Waals surface area contributed by atoms with Gasteiger partial charge in [0.1, 0.15) is 11.6 Å². The molecule has 2 aliphatic heterocycles. The number of methoxy groups -OCH3 is 1. The van der Waals surface area contributed by atoms with Gasteiger partial charge in [0, 0.05) is 35.8 Å². The lowest BCUT2D eigenvalue weighted by Gasteiger charge is -2.31. The lowest BCUT2D eigenvalue weighted by atomic mass is 9.95. The molecule has 0 N–H and O–H groups in total. The highest BCUT2D eigenvalue weighted by molar-refractivity contribution is 7.99. The molecule has 2 aromatic heterocycles. The third-order valence-electron chi connectivity index (χ3n) is 6.30. The van der Waals surface area contributed by atoms with Crippen LogP contribution in [0.4, 0.5) is 0 Å². The number of benzene rings is 1. The van der Waals surface area contributed by atoms with E-state index in [2.05, 4.69) is 44.2 Å². The number of rotatable bonds is 8. The first-order chi connectivity index (χ1) is 15.8. The SMILES string of the molecule is COc1cccc(-n2c(SC[C@@H]3CCCO3)nnc2C2CCN(Cc3cccs3)CC2)c1. The van der Waals surface area contributed by atoms with Gasteiger partial charge in [-0.05, 0) is 62.4 Å². The molecule has 170 valence electrons. The van der Waals surface area contributed by atoms with Crippen molar-refractivity contribution in [3.8, 4) is 11.4 Å². The number of hydrogen-bond acceptors (Lipinski definition) is 7. The Hall–Kier alpha value is -1.87. The van der Waals surface area contributed by atoms with Gasteiger partial charge in [0.05, 0.1) is 18.9 Å². The number of nitrogens with zero attached hydrogens (tertiary/aromatic N) is 4. The summed E-state index contributed by atoms with van der Waals surface area (Å²) in [5.74, 6) is 3.25. The van der Waals surface area contributed by atoms with Gasteiger partial charge in [0.25, 0.3) is 0 Å². The highest BCUT2D eigenvalue weighted by Gasteiger charge is 2.28. The maximum atomic E-state index is 5.83. The first-order valence-electron chi connectivity index (χ1n) is 11.4.